The molecule has 3 N–H and O–H groups in total. The molecule has 112 valence electrons. The van der Waals surface area contributed by atoms with Gasteiger partial charge in [-0.15, -0.1) is 0 Å². The second kappa shape index (κ2) is 7.85. The number of hydrogen-bond donors (Lipinski definition) is 2. The molecule has 2 unspecified atom stereocenters. The first kappa shape index (κ1) is 16.4. The zero-order valence-electron chi connectivity index (χ0n) is 13.0. The Morgan fingerprint density at radius 2 is 1.89 bits per heavy atom. The smallest absolute Gasteiger partial charge is 0.237 e. The Labute approximate surface area is 118 Å². The summed E-state index contributed by atoms with van der Waals surface area (Å²) in [5, 5.41) is 3.12. The van der Waals surface area contributed by atoms with Crippen LogP contribution in [0.2, 0.25) is 0 Å². The summed E-state index contributed by atoms with van der Waals surface area (Å²) in [5.41, 5.74) is 5.96. The number of nitrogens with two attached hydrogens (primary N) is 1. The van der Waals surface area contributed by atoms with Crippen molar-refractivity contribution in [1.29, 1.82) is 0 Å². The van der Waals surface area contributed by atoms with E-state index < -0.39 is 0 Å². The fourth-order valence-corrected chi connectivity index (χ4v) is 2.59. The fourth-order valence-electron chi connectivity index (χ4n) is 2.59. The minimum Gasteiger partial charge on any atom is -0.352 e. The molecule has 1 aliphatic heterocycles. The monoisotopic (exact) mass is 269 g/mol. The largest absolute Gasteiger partial charge is 0.352 e. The molecule has 4 nitrogen and oxygen atoms in total. The third-order valence-electron chi connectivity index (χ3n) is 4.12. The molecule has 1 amide bonds. The third-order valence-corrected chi connectivity index (χ3v) is 4.12. The fraction of sp³-hybridized carbons (Fsp3) is 0.933. The van der Waals surface area contributed by atoms with Crippen molar-refractivity contribution in [3.8, 4) is 0 Å². The van der Waals surface area contributed by atoms with Gasteiger partial charge in [-0.05, 0) is 24.7 Å². The Bertz CT molecular complexity index is 273. The van der Waals surface area contributed by atoms with Gasteiger partial charge in [0.2, 0.25) is 5.91 Å². The summed E-state index contributed by atoms with van der Waals surface area (Å²) in [6, 6.07) is -0.0512. The molecule has 2 atom stereocenters. The van der Waals surface area contributed by atoms with Crippen molar-refractivity contribution in [1.82, 2.24) is 10.2 Å². The van der Waals surface area contributed by atoms with Crippen molar-refractivity contribution in [3.05, 3.63) is 0 Å². The Morgan fingerprint density at radius 3 is 2.37 bits per heavy atom. The highest BCUT2D eigenvalue weighted by molar-refractivity contribution is 5.82. The standard InChI is InChI=1S/C15H31N3O/c1-5-12(4)14(16)15(19)17-13-6-8-18(9-7-13)10-11(2)3/h11-14H,5-10,16H2,1-4H3,(H,17,19). The maximum Gasteiger partial charge on any atom is 0.237 e. The highest BCUT2D eigenvalue weighted by Crippen LogP contribution is 2.13. The van der Waals surface area contributed by atoms with Gasteiger partial charge in [0.15, 0.2) is 0 Å². The van der Waals surface area contributed by atoms with Crippen LogP contribution in [-0.4, -0.2) is 42.5 Å². The van der Waals surface area contributed by atoms with Gasteiger partial charge in [0.05, 0.1) is 6.04 Å². The van der Waals surface area contributed by atoms with E-state index in [-0.39, 0.29) is 17.9 Å². The molecule has 4 heteroatoms. The van der Waals surface area contributed by atoms with Crippen LogP contribution in [0.25, 0.3) is 0 Å². The normalized spacial score (nSPS) is 21.4. The SMILES string of the molecule is CCC(C)C(N)C(=O)NC1CCN(CC(C)C)CC1. The highest BCUT2D eigenvalue weighted by Gasteiger charge is 2.25. The van der Waals surface area contributed by atoms with Crippen LogP contribution < -0.4 is 11.1 Å². The molecule has 1 aliphatic rings. The minimum absolute atomic E-state index is 0.0247. The lowest BCUT2D eigenvalue weighted by Crippen LogP contribution is -2.51. The zero-order valence-corrected chi connectivity index (χ0v) is 13.0. The van der Waals surface area contributed by atoms with Crippen LogP contribution in [0.5, 0.6) is 0 Å². The first-order valence-corrected chi connectivity index (χ1v) is 7.72. The van der Waals surface area contributed by atoms with E-state index >= 15 is 0 Å². The molecular formula is C15H31N3O. The van der Waals surface area contributed by atoms with Gasteiger partial charge >= 0.3 is 0 Å². The molecule has 0 aromatic heterocycles. The highest BCUT2D eigenvalue weighted by atomic mass is 16.2. The van der Waals surface area contributed by atoms with Crippen LogP contribution in [0.15, 0.2) is 0 Å². The second-order valence-corrected chi connectivity index (χ2v) is 6.39. The first-order chi connectivity index (χ1) is 8.93. The van der Waals surface area contributed by atoms with Crippen LogP contribution in [-0.2, 0) is 4.79 Å². The molecule has 0 spiro atoms. The number of piperidine rings is 1. The number of rotatable bonds is 6. The number of nitrogens with one attached hydrogen (secondary N) is 1. The van der Waals surface area contributed by atoms with Gasteiger partial charge in [-0.2, -0.15) is 0 Å². The van der Waals surface area contributed by atoms with Crippen LogP contribution in [0, 0.1) is 11.8 Å². The number of carbonyl (C=O) groups is 1. The summed E-state index contributed by atoms with van der Waals surface area (Å²) in [6.45, 7) is 11.9. The molecule has 0 radical (unpaired) electrons. The molecule has 0 saturated carbocycles. The van der Waals surface area contributed by atoms with Gasteiger partial charge in [-0.1, -0.05) is 34.1 Å². The van der Waals surface area contributed by atoms with E-state index in [1.165, 1.54) is 0 Å². The van der Waals surface area contributed by atoms with Crippen molar-refractivity contribution in [2.24, 2.45) is 17.6 Å². The Kier molecular flexibility index (Phi) is 6.80. The molecule has 0 bridgehead atoms. The molecule has 1 saturated heterocycles. The lowest BCUT2D eigenvalue weighted by atomic mass is 9.98. The summed E-state index contributed by atoms with van der Waals surface area (Å²) < 4.78 is 0. The maximum atomic E-state index is 12.0. The summed E-state index contributed by atoms with van der Waals surface area (Å²) >= 11 is 0. The van der Waals surface area contributed by atoms with E-state index in [1.807, 2.05) is 6.92 Å². The lowest BCUT2D eigenvalue weighted by molar-refractivity contribution is -0.124. The molecule has 1 heterocycles. The topological polar surface area (TPSA) is 58.4 Å². The lowest BCUT2D eigenvalue weighted by Gasteiger charge is -2.34. The van der Waals surface area contributed by atoms with E-state index in [4.69, 9.17) is 5.73 Å². The summed E-state index contributed by atoms with van der Waals surface area (Å²) in [5.74, 6) is 0.989. The van der Waals surface area contributed by atoms with Crippen molar-refractivity contribution in [3.63, 3.8) is 0 Å². The molecule has 0 aliphatic carbocycles. The van der Waals surface area contributed by atoms with Crippen molar-refractivity contribution < 1.29 is 4.79 Å². The molecular weight excluding hydrogens is 238 g/mol. The average molecular weight is 269 g/mol. The first-order valence-electron chi connectivity index (χ1n) is 7.72. The van der Waals surface area contributed by atoms with Gasteiger partial charge in [0.25, 0.3) is 0 Å². The van der Waals surface area contributed by atoms with Crippen LogP contribution in [0.4, 0.5) is 0 Å². The van der Waals surface area contributed by atoms with Gasteiger partial charge < -0.3 is 16.0 Å². The summed E-state index contributed by atoms with van der Waals surface area (Å²) in [4.78, 5) is 14.5. The molecule has 0 aromatic carbocycles. The molecule has 19 heavy (non-hydrogen) atoms. The van der Waals surface area contributed by atoms with Gasteiger partial charge in [-0.3, -0.25) is 4.79 Å². The average Bonchev–Trinajstić information content (AvgIpc) is 2.38. The Hall–Kier alpha value is -0.610. The van der Waals surface area contributed by atoms with E-state index in [0.717, 1.165) is 38.9 Å². The van der Waals surface area contributed by atoms with E-state index in [9.17, 15) is 4.79 Å². The Morgan fingerprint density at radius 1 is 1.32 bits per heavy atom. The van der Waals surface area contributed by atoms with Crippen molar-refractivity contribution in [2.45, 2.75) is 59.0 Å². The number of nitrogens with zero attached hydrogens (tertiary/aromatic N) is 1. The predicted octanol–water partition coefficient (Wildman–Crippen LogP) is 1.60. The third kappa shape index (κ3) is 5.49. The van der Waals surface area contributed by atoms with Crippen LogP contribution in [0.1, 0.15) is 47.0 Å². The van der Waals surface area contributed by atoms with Gasteiger partial charge in [0.1, 0.15) is 0 Å². The van der Waals surface area contributed by atoms with Crippen molar-refractivity contribution in [2.75, 3.05) is 19.6 Å². The molecule has 1 rings (SSSR count). The second-order valence-electron chi connectivity index (χ2n) is 6.39. The van der Waals surface area contributed by atoms with Gasteiger partial charge in [0, 0.05) is 25.7 Å². The molecule has 1 fully saturated rings. The van der Waals surface area contributed by atoms with Crippen LogP contribution in [0.3, 0.4) is 0 Å². The van der Waals surface area contributed by atoms with Crippen molar-refractivity contribution >= 4 is 5.91 Å². The van der Waals surface area contributed by atoms with E-state index in [0.29, 0.717) is 12.0 Å². The number of hydrogen-bond acceptors (Lipinski definition) is 3. The predicted molar refractivity (Wildman–Crippen MR) is 79.9 cm³/mol. The number of likely N-dealkylation sites (tertiary alicyclic amines) is 1. The van der Waals surface area contributed by atoms with E-state index in [2.05, 4.69) is 31.0 Å². The van der Waals surface area contributed by atoms with Gasteiger partial charge in [-0.25, -0.2) is 0 Å². The summed E-state index contributed by atoms with van der Waals surface area (Å²) in [7, 11) is 0. The van der Waals surface area contributed by atoms with Crippen LogP contribution >= 0.6 is 0 Å². The summed E-state index contributed by atoms with van der Waals surface area (Å²) in [6.07, 6.45) is 3.04. The number of amides is 1. The molecule has 0 aromatic rings. The number of carbonyl (C=O) groups excluding carboxylic acids is 1. The van der Waals surface area contributed by atoms with E-state index in [1.54, 1.807) is 0 Å². The zero-order chi connectivity index (χ0) is 14.4. The minimum atomic E-state index is -0.362. The maximum absolute atomic E-state index is 12.0. The Balaban J connectivity index is 2.30. The quantitative estimate of drug-likeness (QED) is 0.770.